The van der Waals surface area contributed by atoms with Gasteiger partial charge in [-0.2, -0.15) is 0 Å². The molecule has 0 saturated carbocycles. The summed E-state index contributed by atoms with van der Waals surface area (Å²) in [7, 11) is 0. The highest BCUT2D eigenvalue weighted by molar-refractivity contribution is 5.95. The highest BCUT2D eigenvalue weighted by atomic mass is 16.5. The average Bonchev–Trinajstić information content (AvgIpc) is 3.33. The molecule has 0 bridgehead atoms. The Balaban J connectivity index is 1.34. The molecule has 3 aromatic carbocycles. The minimum atomic E-state index is -0.257. The summed E-state index contributed by atoms with van der Waals surface area (Å²) < 4.78 is 11.4. The summed E-state index contributed by atoms with van der Waals surface area (Å²) in [6.45, 7) is 4.86. The SMILES string of the molecule is CC(C)COc1ccc(NNC(=O)c2ccc(-c3nnc(-c4ccccc4)o3)cc2)cc1. The number of rotatable bonds is 8. The Kier molecular flexibility index (Phi) is 6.46. The molecule has 0 unspecified atom stereocenters. The smallest absolute Gasteiger partial charge is 0.269 e. The second-order valence-corrected chi connectivity index (χ2v) is 7.66. The maximum absolute atomic E-state index is 12.4. The molecule has 0 spiro atoms. The molecule has 0 saturated heterocycles. The van der Waals surface area contributed by atoms with Gasteiger partial charge >= 0.3 is 0 Å². The van der Waals surface area contributed by atoms with Crippen LogP contribution in [0.2, 0.25) is 0 Å². The number of hydrogen-bond acceptors (Lipinski definition) is 6. The van der Waals surface area contributed by atoms with Crippen molar-refractivity contribution >= 4 is 11.6 Å². The number of carbonyl (C=O) groups is 1. The van der Waals surface area contributed by atoms with E-state index in [-0.39, 0.29) is 5.91 Å². The molecule has 32 heavy (non-hydrogen) atoms. The summed E-state index contributed by atoms with van der Waals surface area (Å²) in [6, 6.07) is 24.0. The lowest BCUT2D eigenvalue weighted by atomic mass is 10.1. The van der Waals surface area contributed by atoms with E-state index in [9.17, 15) is 4.79 Å². The minimum absolute atomic E-state index is 0.257. The Morgan fingerprint density at radius 2 is 1.50 bits per heavy atom. The third-order valence-corrected chi connectivity index (χ3v) is 4.60. The van der Waals surface area contributed by atoms with E-state index < -0.39 is 0 Å². The van der Waals surface area contributed by atoms with E-state index in [1.165, 1.54) is 0 Å². The van der Waals surface area contributed by atoms with E-state index in [0.29, 0.717) is 29.9 Å². The van der Waals surface area contributed by atoms with E-state index >= 15 is 0 Å². The topological polar surface area (TPSA) is 89.3 Å². The quantitative estimate of drug-likeness (QED) is 0.375. The van der Waals surface area contributed by atoms with E-state index in [0.717, 1.165) is 22.6 Å². The third-order valence-electron chi connectivity index (χ3n) is 4.60. The molecule has 4 rings (SSSR count). The summed E-state index contributed by atoms with van der Waals surface area (Å²) in [5, 5.41) is 8.20. The van der Waals surface area contributed by atoms with Crippen LogP contribution in [-0.2, 0) is 0 Å². The van der Waals surface area contributed by atoms with Crippen LogP contribution in [0, 0.1) is 5.92 Å². The van der Waals surface area contributed by atoms with Crippen molar-refractivity contribution in [1.29, 1.82) is 0 Å². The summed E-state index contributed by atoms with van der Waals surface area (Å²) >= 11 is 0. The second kappa shape index (κ2) is 9.78. The van der Waals surface area contributed by atoms with Gasteiger partial charge in [-0.15, -0.1) is 10.2 Å². The summed E-state index contributed by atoms with van der Waals surface area (Å²) in [5.41, 5.74) is 8.44. The molecule has 7 heteroatoms. The number of ether oxygens (including phenoxy) is 1. The predicted molar refractivity (Wildman–Crippen MR) is 123 cm³/mol. The van der Waals surface area contributed by atoms with Crippen LogP contribution >= 0.6 is 0 Å². The zero-order chi connectivity index (χ0) is 22.3. The lowest BCUT2D eigenvalue weighted by Crippen LogP contribution is -2.29. The van der Waals surface area contributed by atoms with Crippen molar-refractivity contribution in [3.05, 3.63) is 84.4 Å². The van der Waals surface area contributed by atoms with Crippen molar-refractivity contribution in [2.75, 3.05) is 12.0 Å². The van der Waals surface area contributed by atoms with Gasteiger partial charge in [0.1, 0.15) is 5.75 Å². The van der Waals surface area contributed by atoms with Gasteiger partial charge in [-0.3, -0.25) is 15.6 Å². The van der Waals surface area contributed by atoms with Crippen molar-refractivity contribution in [2.45, 2.75) is 13.8 Å². The van der Waals surface area contributed by atoms with Crippen molar-refractivity contribution in [2.24, 2.45) is 5.92 Å². The Morgan fingerprint density at radius 3 is 2.12 bits per heavy atom. The molecule has 0 aliphatic rings. The van der Waals surface area contributed by atoms with Crippen molar-refractivity contribution < 1.29 is 13.9 Å². The first kappa shape index (κ1) is 21.1. The van der Waals surface area contributed by atoms with E-state index in [4.69, 9.17) is 9.15 Å². The highest BCUT2D eigenvalue weighted by Gasteiger charge is 2.11. The number of nitrogens with one attached hydrogen (secondary N) is 2. The number of hydrazine groups is 1. The van der Waals surface area contributed by atoms with Gasteiger partial charge in [0.2, 0.25) is 11.8 Å². The standard InChI is InChI=1S/C25H24N4O3/c1-17(2)16-31-22-14-12-21(13-15-22)26-27-23(30)18-8-10-20(11-9-18)25-29-28-24(32-25)19-6-4-3-5-7-19/h3-15,17,26H,16H2,1-2H3,(H,27,30). The number of amides is 1. The number of benzene rings is 3. The maximum Gasteiger partial charge on any atom is 0.269 e. The molecular weight excluding hydrogens is 404 g/mol. The maximum atomic E-state index is 12.4. The number of aromatic nitrogens is 2. The van der Waals surface area contributed by atoms with E-state index in [2.05, 4.69) is 34.9 Å². The second-order valence-electron chi connectivity index (χ2n) is 7.66. The van der Waals surface area contributed by atoms with Crippen LogP contribution in [0.5, 0.6) is 5.75 Å². The van der Waals surface area contributed by atoms with Gasteiger partial charge in [0.05, 0.1) is 12.3 Å². The lowest BCUT2D eigenvalue weighted by molar-refractivity contribution is 0.0962. The van der Waals surface area contributed by atoms with Crippen molar-refractivity contribution in [3.63, 3.8) is 0 Å². The normalized spacial score (nSPS) is 10.7. The van der Waals surface area contributed by atoms with Crippen molar-refractivity contribution in [1.82, 2.24) is 15.6 Å². The van der Waals surface area contributed by atoms with Gasteiger partial charge in [-0.25, -0.2) is 0 Å². The first-order valence-corrected chi connectivity index (χ1v) is 10.4. The molecule has 1 aromatic heterocycles. The van der Waals surface area contributed by atoms with Crippen LogP contribution in [0.1, 0.15) is 24.2 Å². The summed E-state index contributed by atoms with van der Waals surface area (Å²) in [4.78, 5) is 12.4. The molecule has 1 amide bonds. The van der Waals surface area contributed by atoms with Crippen LogP contribution in [0.3, 0.4) is 0 Å². The molecule has 2 N–H and O–H groups in total. The lowest BCUT2D eigenvalue weighted by Gasteiger charge is -2.11. The minimum Gasteiger partial charge on any atom is -0.493 e. The zero-order valence-corrected chi connectivity index (χ0v) is 17.9. The van der Waals surface area contributed by atoms with Gasteiger partial charge in [-0.1, -0.05) is 32.0 Å². The third kappa shape index (κ3) is 5.31. The molecule has 4 aromatic rings. The number of hydrogen-bond donors (Lipinski definition) is 2. The average molecular weight is 428 g/mol. The first-order chi connectivity index (χ1) is 15.6. The number of carbonyl (C=O) groups excluding carboxylic acids is 1. The van der Waals surface area contributed by atoms with Crippen LogP contribution in [0.15, 0.2) is 83.3 Å². The molecule has 0 aliphatic heterocycles. The van der Waals surface area contributed by atoms with Gasteiger partial charge in [0, 0.05) is 16.7 Å². The molecule has 0 radical (unpaired) electrons. The van der Waals surface area contributed by atoms with E-state index in [1.54, 1.807) is 24.3 Å². The molecule has 0 atom stereocenters. The Bertz CT molecular complexity index is 1150. The van der Waals surface area contributed by atoms with Crippen LogP contribution in [0.4, 0.5) is 5.69 Å². The Hall–Kier alpha value is -4.13. The molecule has 0 fully saturated rings. The fraction of sp³-hybridized carbons (Fsp3) is 0.160. The number of anilines is 1. The van der Waals surface area contributed by atoms with Gasteiger partial charge < -0.3 is 9.15 Å². The van der Waals surface area contributed by atoms with Crippen molar-refractivity contribution in [3.8, 4) is 28.7 Å². The molecule has 162 valence electrons. The monoisotopic (exact) mass is 428 g/mol. The number of nitrogens with zero attached hydrogens (tertiary/aromatic N) is 2. The molecule has 0 aliphatic carbocycles. The summed E-state index contributed by atoms with van der Waals surface area (Å²) in [5.74, 6) is 1.85. The highest BCUT2D eigenvalue weighted by Crippen LogP contribution is 2.24. The Labute approximate surface area is 186 Å². The molecule has 1 heterocycles. The largest absolute Gasteiger partial charge is 0.493 e. The van der Waals surface area contributed by atoms with Gasteiger partial charge in [-0.05, 0) is 66.6 Å². The Morgan fingerprint density at radius 1 is 0.875 bits per heavy atom. The molecular formula is C25H24N4O3. The zero-order valence-electron chi connectivity index (χ0n) is 17.9. The van der Waals surface area contributed by atoms with Crippen LogP contribution in [-0.4, -0.2) is 22.7 Å². The van der Waals surface area contributed by atoms with Gasteiger partial charge in [0.15, 0.2) is 0 Å². The fourth-order valence-corrected chi connectivity index (χ4v) is 2.90. The predicted octanol–water partition coefficient (Wildman–Crippen LogP) is 5.20. The molecule has 7 nitrogen and oxygen atoms in total. The van der Waals surface area contributed by atoms with Crippen LogP contribution in [0.25, 0.3) is 22.9 Å². The van der Waals surface area contributed by atoms with Crippen LogP contribution < -0.4 is 15.6 Å². The van der Waals surface area contributed by atoms with E-state index in [1.807, 2.05) is 54.6 Å². The summed E-state index contributed by atoms with van der Waals surface area (Å²) in [6.07, 6.45) is 0. The first-order valence-electron chi connectivity index (χ1n) is 10.4. The fourth-order valence-electron chi connectivity index (χ4n) is 2.90. The van der Waals surface area contributed by atoms with Gasteiger partial charge in [0.25, 0.3) is 5.91 Å².